The highest BCUT2D eigenvalue weighted by Gasteiger charge is 2.20. The lowest BCUT2D eigenvalue weighted by Gasteiger charge is -2.30. The summed E-state index contributed by atoms with van der Waals surface area (Å²) in [5, 5.41) is 0. The van der Waals surface area contributed by atoms with Gasteiger partial charge in [0, 0.05) is 32.3 Å². The number of hydrogen-bond donors (Lipinski definition) is 1. The van der Waals surface area contributed by atoms with Gasteiger partial charge in [0.1, 0.15) is 0 Å². The van der Waals surface area contributed by atoms with Crippen molar-refractivity contribution in [3.05, 3.63) is 12.2 Å². The molecule has 3 heteroatoms. The summed E-state index contributed by atoms with van der Waals surface area (Å²) < 4.78 is 5.17. The summed E-state index contributed by atoms with van der Waals surface area (Å²) in [7, 11) is 1.76. The van der Waals surface area contributed by atoms with Gasteiger partial charge in [-0.3, -0.25) is 4.90 Å². The minimum Gasteiger partial charge on any atom is -0.383 e. The van der Waals surface area contributed by atoms with Crippen molar-refractivity contribution in [2.24, 2.45) is 11.7 Å². The first-order chi connectivity index (χ1) is 7.67. The van der Waals surface area contributed by atoms with Gasteiger partial charge < -0.3 is 10.5 Å². The average Bonchev–Trinajstić information content (AvgIpc) is 2.69. The van der Waals surface area contributed by atoms with Gasteiger partial charge in [-0.25, -0.2) is 0 Å². The number of hydrogen-bond acceptors (Lipinski definition) is 3. The molecule has 0 amide bonds. The molecule has 2 N–H and O–H groups in total. The molecule has 0 aromatic rings. The Labute approximate surface area is 99.6 Å². The van der Waals surface area contributed by atoms with Crippen molar-refractivity contribution in [2.45, 2.75) is 38.8 Å². The van der Waals surface area contributed by atoms with Gasteiger partial charge in [0.2, 0.25) is 0 Å². The molecule has 1 aliphatic carbocycles. The van der Waals surface area contributed by atoms with Crippen molar-refractivity contribution in [3.63, 3.8) is 0 Å². The first-order valence-electron chi connectivity index (χ1n) is 6.34. The molecule has 0 saturated heterocycles. The van der Waals surface area contributed by atoms with Crippen molar-refractivity contribution >= 4 is 0 Å². The summed E-state index contributed by atoms with van der Waals surface area (Å²) in [5.41, 5.74) is 5.88. The molecule has 3 nitrogen and oxygen atoms in total. The van der Waals surface area contributed by atoms with E-state index in [1.165, 1.54) is 6.42 Å². The van der Waals surface area contributed by atoms with E-state index in [2.05, 4.69) is 30.9 Å². The molecule has 0 fully saturated rings. The Bertz CT molecular complexity index is 218. The SMILES string of the molecule is CCC(C)N(CCOC)CC1C=CC(N)C1. The normalized spacial score (nSPS) is 26.6. The summed E-state index contributed by atoms with van der Waals surface area (Å²) in [6.07, 6.45) is 6.69. The molecule has 3 atom stereocenters. The highest BCUT2D eigenvalue weighted by atomic mass is 16.5. The highest BCUT2D eigenvalue weighted by molar-refractivity contribution is 5.05. The Morgan fingerprint density at radius 1 is 1.50 bits per heavy atom. The fourth-order valence-corrected chi connectivity index (χ4v) is 2.20. The lowest BCUT2D eigenvalue weighted by Crippen LogP contribution is -2.38. The van der Waals surface area contributed by atoms with E-state index in [4.69, 9.17) is 10.5 Å². The molecule has 0 saturated carbocycles. The maximum absolute atomic E-state index is 5.88. The van der Waals surface area contributed by atoms with Crippen molar-refractivity contribution in [2.75, 3.05) is 26.8 Å². The minimum atomic E-state index is 0.270. The molecule has 0 spiro atoms. The van der Waals surface area contributed by atoms with Gasteiger partial charge >= 0.3 is 0 Å². The van der Waals surface area contributed by atoms with Crippen LogP contribution in [0.15, 0.2) is 12.2 Å². The first kappa shape index (κ1) is 13.7. The quantitative estimate of drug-likeness (QED) is 0.671. The van der Waals surface area contributed by atoms with E-state index in [9.17, 15) is 0 Å². The molecule has 0 aromatic heterocycles. The second-order valence-electron chi connectivity index (χ2n) is 4.79. The van der Waals surface area contributed by atoms with Gasteiger partial charge in [-0.15, -0.1) is 0 Å². The summed E-state index contributed by atoms with van der Waals surface area (Å²) in [4.78, 5) is 2.51. The second-order valence-corrected chi connectivity index (χ2v) is 4.79. The van der Waals surface area contributed by atoms with E-state index >= 15 is 0 Å². The van der Waals surface area contributed by atoms with E-state index in [1.807, 2.05) is 0 Å². The van der Waals surface area contributed by atoms with Crippen LogP contribution in [0.2, 0.25) is 0 Å². The standard InChI is InChI=1S/C13H26N2O/c1-4-11(2)15(7-8-16-3)10-12-5-6-13(14)9-12/h5-6,11-13H,4,7-10,14H2,1-3H3. The zero-order valence-electron chi connectivity index (χ0n) is 10.9. The van der Waals surface area contributed by atoms with Crippen LogP contribution in [-0.2, 0) is 4.74 Å². The number of rotatable bonds is 7. The predicted molar refractivity (Wildman–Crippen MR) is 68.4 cm³/mol. The van der Waals surface area contributed by atoms with Gasteiger partial charge in [-0.05, 0) is 25.7 Å². The lowest BCUT2D eigenvalue weighted by molar-refractivity contribution is 0.114. The van der Waals surface area contributed by atoms with E-state index in [0.717, 1.165) is 26.1 Å². The molecule has 0 heterocycles. The largest absolute Gasteiger partial charge is 0.383 e. The van der Waals surface area contributed by atoms with E-state index in [1.54, 1.807) is 7.11 Å². The van der Waals surface area contributed by atoms with E-state index in [-0.39, 0.29) is 6.04 Å². The van der Waals surface area contributed by atoms with Gasteiger partial charge in [0.25, 0.3) is 0 Å². The number of nitrogens with two attached hydrogens (primary N) is 1. The minimum absolute atomic E-state index is 0.270. The average molecular weight is 226 g/mol. The molecule has 0 aliphatic heterocycles. The van der Waals surface area contributed by atoms with Crippen LogP contribution in [0.5, 0.6) is 0 Å². The Balaban J connectivity index is 2.40. The fraction of sp³-hybridized carbons (Fsp3) is 0.846. The van der Waals surface area contributed by atoms with E-state index in [0.29, 0.717) is 12.0 Å². The third-order valence-corrected chi connectivity index (χ3v) is 3.47. The van der Waals surface area contributed by atoms with Crippen molar-refractivity contribution in [3.8, 4) is 0 Å². The Morgan fingerprint density at radius 3 is 2.75 bits per heavy atom. The van der Waals surface area contributed by atoms with Crippen molar-refractivity contribution in [1.29, 1.82) is 0 Å². The topological polar surface area (TPSA) is 38.5 Å². The number of ether oxygens (including phenoxy) is 1. The van der Waals surface area contributed by atoms with Gasteiger partial charge in [0.15, 0.2) is 0 Å². The molecular weight excluding hydrogens is 200 g/mol. The van der Waals surface area contributed by atoms with Crippen LogP contribution in [0.1, 0.15) is 26.7 Å². The fourth-order valence-electron chi connectivity index (χ4n) is 2.20. The number of nitrogens with zero attached hydrogens (tertiary/aromatic N) is 1. The summed E-state index contributed by atoms with van der Waals surface area (Å²) in [5.74, 6) is 0.626. The Morgan fingerprint density at radius 2 is 2.25 bits per heavy atom. The molecule has 1 rings (SSSR count). The van der Waals surface area contributed by atoms with Crippen LogP contribution < -0.4 is 5.73 Å². The van der Waals surface area contributed by atoms with Crippen LogP contribution in [0.3, 0.4) is 0 Å². The zero-order valence-corrected chi connectivity index (χ0v) is 10.9. The van der Waals surface area contributed by atoms with Gasteiger partial charge in [0.05, 0.1) is 6.61 Å². The monoisotopic (exact) mass is 226 g/mol. The van der Waals surface area contributed by atoms with Gasteiger partial charge in [-0.2, -0.15) is 0 Å². The second kappa shape index (κ2) is 7.05. The predicted octanol–water partition coefficient (Wildman–Crippen LogP) is 1.64. The van der Waals surface area contributed by atoms with Gasteiger partial charge in [-0.1, -0.05) is 19.1 Å². The van der Waals surface area contributed by atoms with Crippen LogP contribution >= 0.6 is 0 Å². The molecule has 0 radical (unpaired) electrons. The first-order valence-corrected chi connectivity index (χ1v) is 6.34. The van der Waals surface area contributed by atoms with E-state index < -0.39 is 0 Å². The molecule has 0 aromatic carbocycles. The lowest BCUT2D eigenvalue weighted by atomic mass is 10.1. The van der Waals surface area contributed by atoms with Crippen molar-refractivity contribution < 1.29 is 4.74 Å². The third kappa shape index (κ3) is 4.24. The molecule has 94 valence electrons. The smallest absolute Gasteiger partial charge is 0.0589 e. The van der Waals surface area contributed by atoms with Crippen LogP contribution in [0.4, 0.5) is 0 Å². The van der Waals surface area contributed by atoms with Crippen LogP contribution in [0, 0.1) is 5.92 Å². The Hall–Kier alpha value is -0.380. The number of methoxy groups -OCH3 is 1. The Kier molecular flexibility index (Phi) is 6.03. The molecule has 0 bridgehead atoms. The summed E-state index contributed by atoms with van der Waals surface area (Å²) in [6.45, 7) is 7.47. The summed E-state index contributed by atoms with van der Waals surface area (Å²) in [6, 6.07) is 0.895. The van der Waals surface area contributed by atoms with Crippen LogP contribution in [-0.4, -0.2) is 43.8 Å². The molecular formula is C13H26N2O. The van der Waals surface area contributed by atoms with Crippen LogP contribution in [0.25, 0.3) is 0 Å². The molecule has 1 aliphatic rings. The highest BCUT2D eigenvalue weighted by Crippen LogP contribution is 2.19. The molecule has 16 heavy (non-hydrogen) atoms. The zero-order chi connectivity index (χ0) is 12.0. The van der Waals surface area contributed by atoms with Crippen molar-refractivity contribution in [1.82, 2.24) is 4.90 Å². The summed E-state index contributed by atoms with van der Waals surface area (Å²) >= 11 is 0. The maximum Gasteiger partial charge on any atom is 0.0589 e. The molecule has 3 unspecified atom stereocenters. The maximum atomic E-state index is 5.88. The third-order valence-electron chi connectivity index (χ3n) is 3.47.